The van der Waals surface area contributed by atoms with E-state index in [0.29, 0.717) is 15.2 Å². The summed E-state index contributed by atoms with van der Waals surface area (Å²) in [5.41, 5.74) is -4.35. The van der Waals surface area contributed by atoms with E-state index in [9.17, 15) is 27.6 Å². The molecule has 1 aromatic carbocycles. The van der Waals surface area contributed by atoms with Gasteiger partial charge in [0.2, 0.25) is 0 Å². The number of nitrogens with zero attached hydrogens (tertiary/aromatic N) is 3. The van der Waals surface area contributed by atoms with E-state index in [-0.39, 0.29) is 22.7 Å². The smallest absolute Gasteiger partial charge is 0.373 e. The van der Waals surface area contributed by atoms with Crippen molar-refractivity contribution in [2.75, 3.05) is 0 Å². The molecule has 0 saturated heterocycles. The molecule has 26 heavy (non-hydrogen) atoms. The number of hydrogen-bond acceptors (Lipinski definition) is 4. The number of fused-ring (bicyclic) bond motifs is 1. The molecule has 0 fully saturated rings. The van der Waals surface area contributed by atoms with Gasteiger partial charge in [-0.1, -0.05) is 6.07 Å². The van der Waals surface area contributed by atoms with E-state index in [1.807, 2.05) is 0 Å². The van der Waals surface area contributed by atoms with E-state index in [0.717, 1.165) is 11.8 Å². The molecule has 0 saturated carbocycles. The number of halogens is 3. The van der Waals surface area contributed by atoms with Gasteiger partial charge in [0.1, 0.15) is 11.4 Å². The van der Waals surface area contributed by atoms with Gasteiger partial charge in [0.15, 0.2) is 5.58 Å². The van der Waals surface area contributed by atoms with Gasteiger partial charge in [-0.25, -0.2) is 9.36 Å². The molecule has 0 spiro atoms. The molecule has 138 valence electrons. The Morgan fingerprint density at radius 2 is 1.77 bits per heavy atom. The molecule has 0 radical (unpaired) electrons. The lowest BCUT2D eigenvalue weighted by molar-refractivity contribution is -0.144. The van der Waals surface area contributed by atoms with Crippen LogP contribution in [0.2, 0.25) is 0 Å². The van der Waals surface area contributed by atoms with Crippen LogP contribution in [0.5, 0.6) is 0 Å². The highest BCUT2D eigenvalue weighted by Crippen LogP contribution is 2.27. The van der Waals surface area contributed by atoms with Gasteiger partial charge in [-0.05, 0) is 26.0 Å². The third kappa shape index (κ3) is 2.57. The number of alkyl halides is 3. The second-order valence-corrected chi connectivity index (χ2v) is 6.01. The summed E-state index contributed by atoms with van der Waals surface area (Å²) < 4.78 is 46.3. The molecule has 0 amide bonds. The van der Waals surface area contributed by atoms with Crippen LogP contribution in [0.25, 0.3) is 16.7 Å². The maximum Gasteiger partial charge on any atom is 0.431 e. The number of para-hydroxylation sites is 1. The summed E-state index contributed by atoms with van der Waals surface area (Å²) in [6.07, 6.45) is -4.86. The highest BCUT2D eigenvalue weighted by atomic mass is 19.4. The lowest BCUT2D eigenvalue weighted by atomic mass is 10.2. The Kier molecular flexibility index (Phi) is 3.93. The molecule has 0 N–H and O–H groups in total. The highest BCUT2D eigenvalue weighted by Gasteiger charge is 2.35. The summed E-state index contributed by atoms with van der Waals surface area (Å²) >= 11 is 0. The second kappa shape index (κ2) is 5.75. The molecule has 3 aromatic rings. The SMILES string of the molecule is CC(C)n1oc2c(-n3c(=O)cc(C(F)(F)F)n(C)c3=O)cccc2c1=O. The van der Waals surface area contributed by atoms with Crippen LogP contribution in [0.1, 0.15) is 25.6 Å². The number of rotatable bonds is 2. The molecule has 2 heterocycles. The molecule has 0 aliphatic carbocycles. The summed E-state index contributed by atoms with van der Waals surface area (Å²) in [6.45, 7) is 3.40. The molecule has 2 aromatic heterocycles. The molecule has 0 aliphatic heterocycles. The molecular weight excluding hydrogens is 355 g/mol. The van der Waals surface area contributed by atoms with E-state index in [1.165, 1.54) is 18.2 Å². The molecular formula is C16H14F3N3O4. The van der Waals surface area contributed by atoms with Gasteiger partial charge in [0.25, 0.3) is 11.1 Å². The van der Waals surface area contributed by atoms with Crippen molar-refractivity contribution in [3.8, 4) is 5.69 Å². The van der Waals surface area contributed by atoms with Gasteiger partial charge in [0.05, 0.1) is 11.4 Å². The van der Waals surface area contributed by atoms with E-state index >= 15 is 0 Å². The molecule has 0 unspecified atom stereocenters. The molecule has 0 bridgehead atoms. The van der Waals surface area contributed by atoms with Crippen LogP contribution in [0.3, 0.4) is 0 Å². The first-order valence-corrected chi connectivity index (χ1v) is 7.59. The fourth-order valence-corrected chi connectivity index (χ4v) is 2.68. The van der Waals surface area contributed by atoms with E-state index < -0.39 is 28.7 Å². The Balaban J connectivity index is 2.41. The highest BCUT2D eigenvalue weighted by molar-refractivity contribution is 5.84. The third-order valence-electron chi connectivity index (χ3n) is 3.93. The molecule has 0 aliphatic rings. The van der Waals surface area contributed by atoms with Crippen LogP contribution in [0.4, 0.5) is 13.2 Å². The van der Waals surface area contributed by atoms with Crippen LogP contribution >= 0.6 is 0 Å². The van der Waals surface area contributed by atoms with Crippen molar-refractivity contribution >= 4 is 11.0 Å². The normalized spacial score (nSPS) is 12.3. The summed E-state index contributed by atoms with van der Waals surface area (Å²) in [5, 5.41) is 0.116. The lowest BCUT2D eigenvalue weighted by Crippen LogP contribution is -2.40. The molecule has 10 heteroatoms. The Labute approximate surface area is 143 Å². The topological polar surface area (TPSA) is 79.1 Å². The second-order valence-electron chi connectivity index (χ2n) is 6.01. The summed E-state index contributed by atoms with van der Waals surface area (Å²) in [4.78, 5) is 37.0. The Morgan fingerprint density at radius 3 is 2.35 bits per heavy atom. The maximum atomic E-state index is 13.0. The maximum absolute atomic E-state index is 13.0. The predicted molar refractivity (Wildman–Crippen MR) is 86.7 cm³/mol. The van der Waals surface area contributed by atoms with Crippen molar-refractivity contribution in [1.82, 2.24) is 13.9 Å². The number of benzene rings is 1. The minimum absolute atomic E-state index is 0.0508. The van der Waals surface area contributed by atoms with Crippen molar-refractivity contribution in [2.45, 2.75) is 26.1 Å². The van der Waals surface area contributed by atoms with E-state index in [4.69, 9.17) is 4.52 Å². The van der Waals surface area contributed by atoms with Gasteiger partial charge in [-0.3, -0.25) is 14.2 Å². The van der Waals surface area contributed by atoms with Gasteiger partial charge in [-0.15, -0.1) is 0 Å². The Hall–Kier alpha value is -3.04. The minimum Gasteiger partial charge on any atom is -0.373 e. The van der Waals surface area contributed by atoms with Crippen LogP contribution < -0.4 is 16.8 Å². The third-order valence-corrected chi connectivity index (χ3v) is 3.93. The van der Waals surface area contributed by atoms with Crippen LogP contribution in [0, 0.1) is 0 Å². The average Bonchev–Trinajstić information content (AvgIpc) is 2.88. The monoisotopic (exact) mass is 369 g/mol. The standard InChI is InChI=1S/C16H14F3N3O4/c1-8(2)22-14(24)9-5-4-6-10(13(9)26-22)21-12(23)7-11(16(17,18)19)20(3)15(21)25/h4-8H,1-3H3. The first kappa shape index (κ1) is 17.8. The van der Waals surface area contributed by atoms with Crippen molar-refractivity contribution in [3.63, 3.8) is 0 Å². The Bertz CT molecular complexity index is 1180. The zero-order valence-electron chi connectivity index (χ0n) is 14.0. The van der Waals surface area contributed by atoms with E-state index in [1.54, 1.807) is 13.8 Å². The van der Waals surface area contributed by atoms with E-state index in [2.05, 4.69) is 0 Å². The summed E-state index contributed by atoms with van der Waals surface area (Å²) in [6, 6.07) is 4.20. The number of hydrogen-bond donors (Lipinski definition) is 0. The van der Waals surface area contributed by atoms with Gasteiger partial charge >= 0.3 is 11.9 Å². The molecule has 3 rings (SSSR count). The fourth-order valence-electron chi connectivity index (χ4n) is 2.68. The quantitative estimate of drug-likeness (QED) is 0.693. The predicted octanol–water partition coefficient (Wildman–Crippen LogP) is 2.04. The van der Waals surface area contributed by atoms with Gasteiger partial charge in [0, 0.05) is 13.1 Å². The van der Waals surface area contributed by atoms with Gasteiger partial charge in [-0.2, -0.15) is 17.9 Å². The van der Waals surface area contributed by atoms with Crippen molar-refractivity contribution in [2.24, 2.45) is 7.05 Å². The van der Waals surface area contributed by atoms with Gasteiger partial charge < -0.3 is 4.52 Å². The summed E-state index contributed by atoms with van der Waals surface area (Å²) in [7, 11) is 0.913. The zero-order valence-corrected chi connectivity index (χ0v) is 14.0. The van der Waals surface area contributed by atoms with Crippen molar-refractivity contribution < 1.29 is 17.7 Å². The first-order chi connectivity index (χ1) is 12.0. The first-order valence-electron chi connectivity index (χ1n) is 7.59. The lowest BCUT2D eigenvalue weighted by Gasteiger charge is -2.13. The largest absolute Gasteiger partial charge is 0.431 e. The number of aromatic nitrogens is 3. The zero-order chi connectivity index (χ0) is 19.4. The Morgan fingerprint density at radius 1 is 1.12 bits per heavy atom. The van der Waals surface area contributed by atoms with Crippen molar-refractivity contribution in [1.29, 1.82) is 0 Å². The molecule has 0 atom stereocenters. The fraction of sp³-hybridized carbons (Fsp3) is 0.312. The minimum atomic E-state index is -4.86. The van der Waals surface area contributed by atoms with Crippen LogP contribution in [-0.2, 0) is 13.2 Å². The average molecular weight is 369 g/mol. The van der Waals surface area contributed by atoms with Crippen molar-refractivity contribution in [3.05, 3.63) is 61.2 Å². The summed E-state index contributed by atoms with van der Waals surface area (Å²) in [5.74, 6) is 0. The van der Waals surface area contributed by atoms with Crippen LogP contribution in [0.15, 0.2) is 43.2 Å². The molecule has 7 nitrogen and oxygen atoms in total. The van der Waals surface area contributed by atoms with Crippen LogP contribution in [-0.4, -0.2) is 13.9 Å².